The van der Waals surface area contributed by atoms with Gasteiger partial charge in [-0.15, -0.1) is 0 Å². The van der Waals surface area contributed by atoms with Crippen molar-refractivity contribution in [2.75, 3.05) is 13.1 Å². The van der Waals surface area contributed by atoms with Crippen molar-refractivity contribution in [1.82, 2.24) is 10.2 Å². The Balaban J connectivity index is 2.58. The van der Waals surface area contributed by atoms with E-state index < -0.39 is 31.0 Å². The molecule has 2 unspecified atom stereocenters. The number of likely N-dealkylation sites (tertiary alicyclic amines) is 1. The second kappa shape index (κ2) is 5.09. The zero-order valence-corrected chi connectivity index (χ0v) is 8.82. The largest absolute Gasteiger partial charge is 0.480 e. The quantitative estimate of drug-likeness (QED) is 0.759. The van der Waals surface area contributed by atoms with Gasteiger partial charge in [0.05, 0.1) is 6.54 Å². The van der Waals surface area contributed by atoms with Crippen molar-refractivity contribution in [3.8, 4) is 0 Å². The Morgan fingerprint density at radius 1 is 1.56 bits per heavy atom. The fourth-order valence-corrected chi connectivity index (χ4v) is 1.82. The number of hydrogen-bond acceptors (Lipinski definition) is 2. The number of carbonyl (C=O) groups is 2. The van der Waals surface area contributed by atoms with Crippen LogP contribution >= 0.6 is 0 Å². The van der Waals surface area contributed by atoms with Crippen LogP contribution in [0.4, 0.5) is 13.6 Å². The Bertz CT molecular complexity index is 286. The van der Waals surface area contributed by atoms with E-state index in [-0.39, 0.29) is 12.5 Å². The number of carbonyl (C=O) groups excluding carboxylic acids is 1. The number of amides is 2. The molecule has 2 amide bonds. The van der Waals surface area contributed by atoms with Gasteiger partial charge in [-0.05, 0) is 12.3 Å². The van der Waals surface area contributed by atoms with Gasteiger partial charge in [0.2, 0.25) is 0 Å². The van der Waals surface area contributed by atoms with E-state index in [1.54, 1.807) is 6.92 Å². The molecule has 16 heavy (non-hydrogen) atoms. The van der Waals surface area contributed by atoms with E-state index in [4.69, 9.17) is 5.11 Å². The lowest BCUT2D eigenvalue weighted by molar-refractivity contribution is -0.142. The highest BCUT2D eigenvalue weighted by Gasteiger charge is 2.39. The number of aliphatic carboxylic acids is 1. The standard InChI is InChI=1S/C9H14F2N2O3/c1-5-2-3-13(7(5)8(14)15)9(16)12-4-6(10)11/h5-7H,2-4H2,1H3,(H,12,16)(H,14,15). The van der Waals surface area contributed by atoms with Gasteiger partial charge < -0.3 is 15.3 Å². The molecule has 0 saturated carbocycles. The van der Waals surface area contributed by atoms with Crippen molar-refractivity contribution >= 4 is 12.0 Å². The first-order valence-corrected chi connectivity index (χ1v) is 4.99. The monoisotopic (exact) mass is 236 g/mol. The number of alkyl halides is 2. The Morgan fingerprint density at radius 3 is 2.69 bits per heavy atom. The van der Waals surface area contributed by atoms with Crippen molar-refractivity contribution in [3.05, 3.63) is 0 Å². The van der Waals surface area contributed by atoms with Crippen LogP contribution in [-0.2, 0) is 4.79 Å². The fraction of sp³-hybridized carbons (Fsp3) is 0.778. The molecule has 92 valence electrons. The number of nitrogens with zero attached hydrogens (tertiary/aromatic N) is 1. The Labute approximate surface area is 91.4 Å². The van der Waals surface area contributed by atoms with Crippen molar-refractivity contribution in [2.24, 2.45) is 5.92 Å². The van der Waals surface area contributed by atoms with Crippen LogP contribution in [0.15, 0.2) is 0 Å². The normalized spacial score (nSPS) is 24.9. The summed E-state index contributed by atoms with van der Waals surface area (Å²) in [6, 6.07) is -1.66. The minimum atomic E-state index is -2.63. The number of hydrogen-bond donors (Lipinski definition) is 2. The Kier molecular flexibility index (Phi) is 4.03. The molecule has 0 bridgehead atoms. The molecule has 7 heteroatoms. The number of urea groups is 1. The molecule has 2 atom stereocenters. The molecule has 1 fully saturated rings. The number of carboxylic acid groups (broad SMARTS) is 1. The molecule has 0 spiro atoms. The first-order chi connectivity index (χ1) is 7.43. The first-order valence-electron chi connectivity index (χ1n) is 4.99. The lowest BCUT2D eigenvalue weighted by atomic mass is 10.0. The lowest BCUT2D eigenvalue weighted by Gasteiger charge is -2.23. The fourth-order valence-electron chi connectivity index (χ4n) is 1.82. The molecule has 0 radical (unpaired) electrons. The number of carboxylic acids is 1. The van der Waals surface area contributed by atoms with Crippen LogP contribution < -0.4 is 5.32 Å². The number of rotatable bonds is 3. The summed E-state index contributed by atoms with van der Waals surface area (Å²) in [4.78, 5) is 23.4. The maximum atomic E-state index is 11.9. The molecule has 1 aliphatic rings. The summed E-state index contributed by atoms with van der Waals surface area (Å²) in [5.74, 6) is -1.26. The Morgan fingerprint density at radius 2 is 2.19 bits per heavy atom. The summed E-state index contributed by atoms with van der Waals surface area (Å²) >= 11 is 0. The third kappa shape index (κ3) is 2.80. The minimum Gasteiger partial charge on any atom is -0.480 e. The second-order valence-corrected chi connectivity index (χ2v) is 3.82. The van der Waals surface area contributed by atoms with Crippen molar-refractivity contribution in [2.45, 2.75) is 25.8 Å². The van der Waals surface area contributed by atoms with Gasteiger partial charge in [-0.25, -0.2) is 18.4 Å². The van der Waals surface area contributed by atoms with Gasteiger partial charge in [0.1, 0.15) is 6.04 Å². The van der Waals surface area contributed by atoms with E-state index in [2.05, 4.69) is 0 Å². The summed E-state index contributed by atoms with van der Waals surface area (Å²) in [5.41, 5.74) is 0. The summed E-state index contributed by atoms with van der Waals surface area (Å²) < 4.78 is 23.7. The van der Waals surface area contributed by atoms with Crippen LogP contribution in [0, 0.1) is 5.92 Å². The van der Waals surface area contributed by atoms with Gasteiger partial charge in [-0.3, -0.25) is 0 Å². The van der Waals surface area contributed by atoms with Gasteiger partial charge >= 0.3 is 12.0 Å². The molecule has 0 aromatic carbocycles. The predicted octanol–water partition coefficient (Wildman–Crippen LogP) is 0.756. The molecule has 5 nitrogen and oxygen atoms in total. The van der Waals surface area contributed by atoms with Crippen LogP contribution in [0.5, 0.6) is 0 Å². The summed E-state index contributed by atoms with van der Waals surface area (Å²) in [6.45, 7) is 1.25. The topological polar surface area (TPSA) is 69.6 Å². The van der Waals surface area contributed by atoms with Crippen LogP contribution in [0.1, 0.15) is 13.3 Å². The van der Waals surface area contributed by atoms with Crippen molar-refractivity contribution < 1.29 is 23.5 Å². The van der Waals surface area contributed by atoms with Crippen LogP contribution in [0.25, 0.3) is 0 Å². The SMILES string of the molecule is CC1CCN(C(=O)NCC(F)F)C1C(=O)O. The van der Waals surface area contributed by atoms with Gasteiger partial charge in [-0.2, -0.15) is 0 Å². The van der Waals surface area contributed by atoms with Crippen molar-refractivity contribution in [1.29, 1.82) is 0 Å². The zero-order chi connectivity index (χ0) is 12.3. The maximum Gasteiger partial charge on any atom is 0.326 e. The van der Waals surface area contributed by atoms with Gasteiger partial charge in [0.25, 0.3) is 6.43 Å². The average molecular weight is 236 g/mol. The molecule has 0 aromatic heterocycles. The van der Waals surface area contributed by atoms with Crippen LogP contribution in [-0.4, -0.2) is 47.6 Å². The molecule has 0 aromatic rings. The van der Waals surface area contributed by atoms with E-state index in [0.29, 0.717) is 6.42 Å². The second-order valence-electron chi connectivity index (χ2n) is 3.82. The Hall–Kier alpha value is -1.40. The van der Waals surface area contributed by atoms with E-state index >= 15 is 0 Å². The summed E-state index contributed by atoms with van der Waals surface area (Å²) in [6.07, 6.45) is -2.06. The predicted molar refractivity (Wildman–Crippen MR) is 51.3 cm³/mol. The molecular formula is C9H14F2N2O3. The number of halogens is 2. The lowest BCUT2D eigenvalue weighted by Crippen LogP contribution is -2.48. The van der Waals surface area contributed by atoms with Crippen LogP contribution in [0.2, 0.25) is 0 Å². The third-order valence-electron chi connectivity index (χ3n) is 2.62. The van der Waals surface area contributed by atoms with E-state index in [9.17, 15) is 18.4 Å². The molecule has 0 aliphatic carbocycles. The third-order valence-corrected chi connectivity index (χ3v) is 2.62. The zero-order valence-electron chi connectivity index (χ0n) is 8.82. The van der Waals surface area contributed by atoms with Gasteiger partial charge in [0.15, 0.2) is 0 Å². The van der Waals surface area contributed by atoms with E-state index in [0.717, 1.165) is 4.90 Å². The summed E-state index contributed by atoms with van der Waals surface area (Å²) in [5, 5.41) is 10.9. The van der Waals surface area contributed by atoms with Crippen molar-refractivity contribution in [3.63, 3.8) is 0 Å². The molecule has 1 heterocycles. The average Bonchev–Trinajstić information content (AvgIpc) is 2.56. The maximum absolute atomic E-state index is 11.9. The van der Waals surface area contributed by atoms with Gasteiger partial charge in [-0.1, -0.05) is 6.92 Å². The van der Waals surface area contributed by atoms with Crippen LogP contribution in [0.3, 0.4) is 0 Å². The highest BCUT2D eigenvalue weighted by Crippen LogP contribution is 2.23. The molecule has 1 rings (SSSR count). The minimum absolute atomic E-state index is 0.158. The number of nitrogens with one attached hydrogen (secondary N) is 1. The van der Waals surface area contributed by atoms with E-state index in [1.165, 1.54) is 0 Å². The smallest absolute Gasteiger partial charge is 0.326 e. The summed E-state index contributed by atoms with van der Waals surface area (Å²) in [7, 11) is 0. The molecule has 1 aliphatic heterocycles. The molecule has 2 N–H and O–H groups in total. The van der Waals surface area contributed by atoms with Gasteiger partial charge in [0, 0.05) is 6.54 Å². The molecular weight excluding hydrogens is 222 g/mol. The first kappa shape index (κ1) is 12.7. The van der Waals surface area contributed by atoms with E-state index in [1.807, 2.05) is 5.32 Å². The highest BCUT2D eigenvalue weighted by atomic mass is 19.3. The highest BCUT2D eigenvalue weighted by molar-refractivity contribution is 5.83. The molecule has 1 saturated heterocycles.